The molecule has 1 atom stereocenters. The number of allylic oxidation sites excluding steroid dienone is 3. The van der Waals surface area contributed by atoms with Gasteiger partial charge in [0, 0.05) is 54.7 Å². The Bertz CT molecular complexity index is 4060. The summed E-state index contributed by atoms with van der Waals surface area (Å²) in [5.41, 5.74) is 27.4. The number of hydrogen-bond donors (Lipinski definition) is 0. The normalized spacial score (nSPS) is 20.8. The van der Waals surface area contributed by atoms with E-state index in [0.717, 1.165) is 36.3 Å². The zero-order valence-corrected chi connectivity index (χ0v) is 54.1. The molecule has 0 saturated heterocycles. The highest BCUT2D eigenvalue weighted by molar-refractivity contribution is 7.32. The molecular weight excluding hydrogens is 1030 g/mol. The van der Waals surface area contributed by atoms with Gasteiger partial charge in [0.15, 0.2) is 0 Å². The maximum absolute atomic E-state index is 2.80. The van der Waals surface area contributed by atoms with E-state index in [4.69, 9.17) is 0 Å². The number of rotatable bonds is 6. The molecule has 6 aliphatic rings. The average molecular weight is 1120 g/mol. The third-order valence-electron chi connectivity index (χ3n) is 22.0. The quantitative estimate of drug-likeness (QED) is 0.154. The summed E-state index contributed by atoms with van der Waals surface area (Å²) in [5, 5.41) is 1.39. The predicted octanol–water partition coefficient (Wildman–Crippen LogP) is 21.4. The van der Waals surface area contributed by atoms with E-state index in [1.54, 1.807) is 5.47 Å². The summed E-state index contributed by atoms with van der Waals surface area (Å²) < 4.78 is 2.89. The minimum atomic E-state index is 0.0178. The molecule has 1 aromatic heterocycles. The van der Waals surface area contributed by atoms with Gasteiger partial charge in [-0.05, 0) is 224 Å². The Morgan fingerprint density at radius 2 is 0.988 bits per heavy atom. The van der Waals surface area contributed by atoms with Crippen LogP contribution in [0, 0.1) is 18.3 Å². The van der Waals surface area contributed by atoms with Crippen LogP contribution in [0.1, 0.15) is 188 Å². The minimum Gasteiger partial charge on any atom is -0.311 e. The first kappa shape index (κ1) is 55.3. The van der Waals surface area contributed by atoms with Crippen LogP contribution in [0.5, 0.6) is 0 Å². The molecule has 0 spiro atoms. The Kier molecular flexibility index (Phi) is 12.3. The molecule has 5 heteroatoms. The molecule has 0 amide bonds. The number of aryl methyl sites for hydroxylation is 1. The van der Waals surface area contributed by atoms with Crippen molar-refractivity contribution in [3.8, 4) is 11.1 Å². The van der Waals surface area contributed by atoms with Gasteiger partial charge in [-0.3, -0.25) is 0 Å². The number of para-hydroxylation sites is 1. The molecule has 84 heavy (non-hydrogen) atoms. The molecule has 0 N–H and O–H groups in total. The highest BCUT2D eigenvalue weighted by atomic mass is 32.1. The molecule has 0 fully saturated rings. The first-order chi connectivity index (χ1) is 39.6. The van der Waals surface area contributed by atoms with Crippen molar-refractivity contribution in [1.82, 2.24) is 0 Å². The highest BCUT2D eigenvalue weighted by Gasteiger charge is 2.50. The van der Waals surface area contributed by atoms with Gasteiger partial charge in [0.05, 0.1) is 11.4 Å². The molecule has 0 radical (unpaired) electrons. The predicted molar refractivity (Wildman–Crippen MR) is 365 cm³/mol. The number of thiophene rings is 1. The number of anilines is 8. The number of nitrogens with zero attached hydrogens (tertiary/aromatic N) is 3. The van der Waals surface area contributed by atoms with E-state index in [2.05, 4.69) is 288 Å². The van der Waals surface area contributed by atoms with Gasteiger partial charge in [-0.1, -0.05) is 188 Å². The summed E-state index contributed by atoms with van der Waals surface area (Å²) in [6, 6.07) is 54.8. The summed E-state index contributed by atoms with van der Waals surface area (Å²) in [4.78, 5) is 8.12. The Hall–Kier alpha value is -6.56. The Balaban J connectivity index is 1.13. The maximum Gasteiger partial charge on any atom is 0.260 e. The third kappa shape index (κ3) is 8.60. The lowest BCUT2D eigenvalue weighted by molar-refractivity contribution is 0.291. The first-order valence-corrected chi connectivity index (χ1v) is 32.6. The monoisotopic (exact) mass is 1120 g/mol. The molecule has 14 rings (SSSR count). The van der Waals surface area contributed by atoms with Crippen LogP contribution in [0.15, 0.2) is 163 Å². The van der Waals surface area contributed by atoms with Crippen LogP contribution < -0.4 is 24.9 Å². The van der Waals surface area contributed by atoms with E-state index < -0.39 is 0 Å². The number of fused-ring (bicyclic) bond motifs is 8. The van der Waals surface area contributed by atoms with Crippen LogP contribution in [0.3, 0.4) is 0 Å². The van der Waals surface area contributed by atoms with Crippen LogP contribution >= 0.6 is 11.3 Å². The fourth-order valence-corrected chi connectivity index (χ4v) is 17.5. The summed E-state index contributed by atoms with van der Waals surface area (Å²) in [5.74, 6) is 0.371. The SMILES string of the molecule is Cc1cc2c(cc1N1C3=C(CC(C(C)(C)C)C=C3)B3c4sc5cc6c(cc5c4N(c4ccc5c(c4)C(C)(C)CCC5(C)C)c4cc(N(c5ccccc5)c5ccc(-c7ccccc7)cc5)cc1c43)C(C)(C)CCC6(C)C)C(C)(C)CCC2(C)C. The van der Waals surface area contributed by atoms with Crippen LogP contribution in [-0.4, -0.2) is 6.71 Å². The lowest BCUT2D eigenvalue weighted by atomic mass is 9.34. The molecule has 0 saturated carbocycles. The smallest absolute Gasteiger partial charge is 0.260 e. The zero-order chi connectivity index (χ0) is 59.0. The van der Waals surface area contributed by atoms with Crippen molar-refractivity contribution in [2.45, 2.75) is 188 Å². The van der Waals surface area contributed by atoms with Crippen molar-refractivity contribution < 1.29 is 0 Å². The number of hydrogen-bond acceptors (Lipinski definition) is 4. The second-order valence-corrected chi connectivity index (χ2v) is 32.5. The second kappa shape index (κ2) is 18.7. The standard InChI is InChI=1S/C79H88BN3S/c1-49-41-59-62(78(13,14)39-37-75(59,7)8)47-66(49)83-65-34-29-52(73(2,3)4)42-64(65)80-70-67(44-56(45-68(70)83)81(53-25-21-18-22-26-53)54-30-27-51(28-31-54)50-23-19-17-20-24-50)82(55-32-33-58-60(43-55)76(9,10)36-35-74(58,5)6)71-57-46-61-63(48-69(57)84-72(71)80)79(15,16)40-38-77(61,11)12/h17-34,41,43-48,52H,35-40,42H2,1-16H3. The van der Waals surface area contributed by atoms with Crippen molar-refractivity contribution in [2.24, 2.45) is 11.3 Å². The Labute approximate surface area is 508 Å². The molecule has 428 valence electrons. The van der Waals surface area contributed by atoms with Crippen LogP contribution in [0.4, 0.5) is 45.5 Å². The largest absolute Gasteiger partial charge is 0.311 e. The van der Waals surface area contributed by atoms with Crippen LogP contribution in [0.2, 0.25) is 0 Å². The van der Waals surface area contributed by atoms with Gasteiger partial charge in [-0.25, -0.2) is 0 Å². The molecular formula is C79H88BN3S. The van der Waals surface area contributed by atoms with Crippen LogP contribution in [0.25, 0.3) is 21.2 Å². The summed E-state index contributed by atoms with van der Waals surface area (Å²) >= 11 is 2.10. The molecule has 2 aliphatic heterocycles. The second-order valence-electron chi connectivity index (χ2n) is 31.5. The van der Waals surface area contributed by atoms with Crippen molar-refractivity contribution in [2.75, 3.05) is 14.7 Å². The fraction of sp³-hybridized carbons (Fsp3) is 0.392. The van der Waals surface area contributed by atoms with E-state index in [-0.39, 0.29) is 44.6 Å². The van der Waals surface area contributed by atoms with Crippen molar-refractivity contribution in [3.05, 3.63) is 202 Å². The van der Waals surface area contributed by atoms with Crippen molar-refractivity contribution >= 4 is 83.9 Å². The van der Waals surface area contributed by atoms with Gasteiger partial charge >= 0.3 is 0 Å². The van der Waals surface area contributed by atoms with Gasteiger partial charge in [-0.2, -0.15) is 0 Å². The van der Waals surface area contributed by atoms with Gasteiger partial charge < -0.3 is 14.7 Å². The Morgan fingerprint density at radius 1 is 0.488 bits per heavy atom. The lowest BCUT2D eigenvalue weighted by Crippen LogP contribution is -2.56. The van der Waals surface area contributed by atoms with Gasteiger partial charge in [-0.15, -0.1) is 11.3 Å². The minimum absolute atomic E-state index is 0.0178. The van der Waals surface area contributed by atoms with Crippen LogP contribution in [-0.2, 0) is 32.5 Å². The van der Waals surface area contributed by atoms with E-state index in [9.17, 15) is 0 Å². The highest BCUT2D eigenvalue weighted by Crippen LogP contribution is 2.58. The van der Waals surface area contributed by atoms with Gasteiger partial charge in [0.2, 0.25) is 0 Å². The van der Waals surface area contributed by atoms with E-state index >= 15 is 0 Å². The van der Waals surface area contributed by atoms with Crippen molar-refractivity contribution in [1.29, 1.82) is 0 Å². The molecule has 7 aromatic carbocycles. The third-order valence-corrected chi connectivity index (χ3v) is 23.2. The fourth-order valence-electron chi connectivity index (χ4n) is 16.2. The van der Waals surface area contributed by atoms with Gasteiger partial charge in [0.1, 0.15) is 0 Å². The lowest BCUT2D eigenvalue weighted by Gasteiger charge is -2.48. The summed E-state index contributed by atoms with van der Waals surface area (Å²) in [6.07, 6.45) is 13.2. The molecule has 0 bridgehead atoms. The first-order valence-electron chi connectivity index (χ1n) is 31.8. The molecule has 4 aliphatic carbocycles. The van der Waals surface area contributed by atoms with E-state index in [0.29, 0.717) is 5.92 Å². The molecule has 3 nitrogen and oxygen atoms in total. The van der Waals surface area contributed by atoms with Gasteiger partial charge in [0.25, 0.3) is 6.71 Å². The Morgan fingerprint density at radius 3 is 1.58 bits per heavy atom. The van der Waals surface area contributed by atoms with E-state index in [1.807, 2.05) is 0 Å². The molecule has 3 heterocycles. The average Bonchev–Trinajstić information content (AvgIpc) is 1.32. The molecule has 8 aromatic rings. The zero-order valence-electron chi connectivity index (χ0n) is 53.3. The summed E-state index contributed by atoms with van der Waals surface area (Å²) in [6.45, 7) is 39.7. The number of benzene rings is 7. The van der Waals surface area contributed by atoms with Crippen molar-refractivity contribution in [3.63, 3.8) is 0 Å². The molecule has 1 unspecified atom stereocenters. The topological polar surface area (TPSA) is 9.72 Å². The summed E-state index contributed by atoms with van der Waals surface area (Å²) in [7, 11) is 0. The van der Waals surface area contributed by atoms with E-state index in [1.165, 1.54) is 130 Å². The maximum atomic E-state index is 2.80.